The number of quaternary nitrogens is 1. The number of carbonyl (C=O) groups is 3. The first-order valence-electron chi connectivity index (χ1n) is 16.2. The van der Waals surface area contributed by atoms with Crippen LogP contribution in [-0.2, 0) is 29.1 Å². The van der Waals surface area contributed by atoms with Gasteiger partial charge in [-0.05, 0) is 53.3 Å². The molecule has 0 saturated carbocycles. The van der Waals surface area contributed by atoms with E-state index in [9.17, 15) is 24.6 Å². The minimum absolute atomic E-state index is 0.0750. The van der Waals surface area contributed by atoms with Gasteiger partial charge in [0.05, 0.1) is 13.1 Å². The molecular weight excluding hydrogens is 596 g/mol. The Morgan fingerprint density at radius 3 is 2.43 bits per heavy atom. The molecule has 0 aliphatic carbocycles. The second kappa shape index (κ2) is 16.2. The van der Waals surface area contributed by atoms with Crippen LogP contribution < -0.4 is 16.0 Å². The summed E-state index contributed by atoms with van der Waals surface area (Å²) in [7, 11) is 0. The van der Waals surface area contributed by atoms with E-state index in [2.05, 4.69) is 17.2 Å². The van der Waals surface area contributed by atoms with Crippen LogP contribution in [0, 0.1) is 0 Å². The van der Waals surface area contributed by atoms with E-state index < -0.39 is 24.5 Å². The number of hydrogen-bond acceptors (Lipinski definition) is 6. The molecule has 3 aromatic carbocycles. The molecule has 11 nitrogen and oxygen atoms in total. The first kappa shape index (κ1) is 33.6. The van der Waals surface area contributed by atoms with Crippen LogP contribution in [0.2, 0.25) is 0 Å². The number of likely N-dealkylation sites (tertiary alicyclic amines) is 1. The summed E-state index contributed by atoms with van der Waals surface area (Å²) < 4.78 is 0. The summed E-state index contributed by atoms with van der Waals surface area (Å²) in [6.07, 6.45) is 2.46. The van der Waals surface area contributed by atoms with Gasteiger partial charge >= 0.3 is 6.03 Å². The van der Waals surface area contributed by atoms with E-state index in [1.165, 1.54) is 4.90 Å². The molecule has 1 unspecified atom stereocenters. The van der Waals surface area contributed by atoms with Crippen LogP contribution in [0.1, 0.15) is 41.3 Å². The van der Waals surface area contributed by atoms with Crippen molar-refractivity contribution in [1.82, 2.24) is 25.3 Å². The number of aromatic hydroxyl groups is 1. The van der Waals surface area contributed by atoms with Crippen molar-refractivity contribution >= 4 is 17.8 Å². The predicted octanol–water partition coefficient (Wildman–Crippen LogP) is 1.84. The molecule has 0 aromatic heterocycles. The van der Waals surface area contributed by atoms with E-state index in [0.29, 0.717) is 13.1 Å². The number of aliphatic hydroxyl groups is 1. The molecule has 0 bridgehead atoms. The average Bonchev–Trinajstić information content (AvgIpc) is 3.62. The Balaban J connectivity index is 1.42. The van der Waals surface area contributed by atoms with Crippen LogP contribution in [0.25, 0.3) is 0 Å². The maximum absolute atomic E-state index is 14.3. The van der Waals surface area contributed by atoms with E-state index in [4.69, 9.17) is 0 Å². The Kier molecular flexibility index (Phi) is 11.6. The monoisotopic (exact) mass is 641 g/mol. The van der Waals surface area contributed by atoms with E-state index >= 15 is 0 Å². The van der Waals surface area contributed by atoms with Crippen molar-refractivity contribution in [3.63, 3.8) is 0 Å². The number of aliphatic hydroxyl groups excluding tert-OH is 1. The smallest absolute Gasteiger partial charge is 0.316 e. The van der Waals surface area contributed by atoms with Crippen LogP contribution in [0.5, 0.6) is 5.75 Å². The lowest BCUT2D eigenvalue weighted by atomic mass is 9.98. The lowest BCUT2D eigenvalue weighted by Gasteiger charge is -2.46. The topological polar surface area (TPSA) is 142 Å². The zero-order valence-corrected chi connectivity index (χ0v) is 26.6. The largest absolute Gasteiger partial charge is 0.508 e. The summed E-state index contributed by atoms with van der Waals surface area (Å²) >= 11 is 0. The molecule has 0 radical (unpaired) electrons. The fourth-order valence-electron chi connectivity index (χ4n) is 6.26. The van der Waals surface area contributed by atoms with Gasteiger partial charge < -0.3 is 36.0 Å². The van der Waals surface area contributed by atoms with Gasteiger partial charge in [0.15, 0.2) is 6.54 Å². The lowest BCUT2D eigenvalue weighted by Crippen LogP contribution is -2.87. The number of phenolic OH excluding ortho intramolecular Hbond substituents is 1. The number of benzene rings is 3. The standard InChI is InChI=1S/C36H44N6O5/c1-2-17-37-23-33(44)42-31(21-26-13-15-30(43)16-14-26)35(46)41(25-32(42)39-36(47)38-22-27-9-4-3-5-10-27)24-28-11-8-12-29(20-28)34(45)40-18-6-7-19-40/h2-5,8-16,20,31-32,34,37,43,45H,1,6-7,17-19,21-25H2,(H2,38,39,47)/p+1/t31-,32+,34?/m0/s1. The number of phenols is 1. The molecule has 4 amide bonds. The summed E-state index contributed by atoms with van der Waals surface area (Å²) in [5.41, 5.74) is 3.29. The van der Waals surface area contributed by atoms with Gasteiger partial charge in [-0.1, -0.05) is 73.3 Å². The predicted molar refractivity (Wildman–Crippen MR) is 178 cm³/mol. The molecule has 6 N–H and O–H groups in total. The molecule has 2 aliphatic heterocycles. The molecule has 47 heavy (non-hydrogen) atoms. The number of urea groups is 1. The van der Waals surface area contributed by atoms with Crippen molar-refractivity contribution in [1.29, 1.82) is 0 Å². The minimum Gasteiger partial charge on any atom is -0.508 e. The number of nitrogens with two attached hydrogens (primary N) is 1. The molecule has 2 heterocycles. The second-order valence-corrected chi connectivity index (χ2v) is 12.1. The Morgan fingerprint density at radius 1 is 0.979 bits per heavy atom. The Labute approximate surface area is 275 Å². The van der Waals surface area contributed by atoms with E-state index in [1.807, 2.05) is 59.5 Å². The van der Waals surface area contributed by atoms with Gasteiger partial charge in [0, 0.05) is 32.6 Å². The number of nitrogens with one attached hydrogen (secondary N) is 2. The summed E-state index contributed by atoms with van der Waals surface area (Å²) in [4.78, 5) is 46.6. The Hall–Kier alpha value is -4.71. The molecule has 11 heteroatoms. The summed E-state index contributed by atoms with van der Waals surface area (Å²) in [6.45, 7) is 6.61. The fraction of sp³-hybridized carbons (Fsp3) is 0.361. The fourth-order valence-corrected chi connectivity index (χ4v) is 6.26. The van der Waals surface area contributed by atoms with E-state index in [0.717, 1.165) is 48.2 Å². The third-order valence-corrected chi connectivity index (χ3v) is 8.67. The summed E-state index contributed by atoms with van der Waals surface area (Å²) in [5.74, 6) is -0.431. The second-order valence-electron chi connectivity index (χ2n) is 12.1. The first-order chi connectivity index (χ1) is 22.8. The highest BCUT2D eigenvalue weighted by Gasteiger charge is 2.44. The number of hydrogen-bond donors (Lipinski definition) is 5. The van der Waals surface area contributed by atoms with Crippen molar-refractivity contribution in [2.24, 2.45) is 0 Å². The number of carbonyl (C=O) groups excluding carboxylic acids is 3. The zero-order chi connectivity index (χ0) is 33.2. The Bertz CT molecular complexity index is 1510. The highest BCUT2D eigenvalue weighted by molar-refractivity contribution is 5.90. The van der Waals surface area contributed by atoms with E-state index in [-0.39, 0.29) is 43.6 Å². The maximum atomic E-state index is 14.3. The van der Waals surface area contributed by atoms with Crippen molar-refractivity contribution < 1.29 is 29.9 Å². The van der Waals surface area contributed by atoms with Crippen LogP contribution in [0.4, 0.5) is 4.79 Å². The van der Waals surface area contributed by atoms with Gasteiger partial charge in [-0.15, -0.1) is 0 Å². The van der Waals surface area contributed by atoms with Gasteiger partial charge in [-0.3, -0.25) is 14.5 Å². The quantitative estimate of drug-likeness (QED) is 0.143. The van der Waals surface area contributed by atoms with Crippen LogP contribution >= 0.6 is 0 Å². The van der Waals surface area contributed by atoms with Crippen molar-refractivity contribution in [2.75, 3.05) is 32.7 Å². The number of nitrogens with zero attached hydrogens (tertiary/aromatic N) is 3. The van der Waals surface area contributed by atoms with E-state index in [1.54, 1.807) is 40.6 Å². The molecule has 2 aliphatic rings. The summed E-state index contributed by atoms with van der Waals surface area (Å²) in [5, 5.41) is 28.5. The van der Waals surface area contributed by atoms with Gasteiger partial charge in [-0.25, -0.2) is 4.79 Å². The van der Waals surface area contributed by atoms with Crippen LogP contribution in [0.3, 0.4) is 0 Å². The molecule has 5 rings (SSSR count). The van der Waals surface area contributed by atoms with Crippen LogP contribution in [0.15, 0.2) is 91.5 Å². The minimum atomic E-state index is -0.907. The highest BCUT2D eigenvalue weighted by Crippen LogP contribution is 2.26. The molecule has 2 fully saturated rings. The molecule has 0 spiro atoms. The van der Waals surface area contributed by atoms with Crippen molar-refractivity contribution in [3.8, 4) is 5.75 Å². The van der Waals surface area contributed by atoms with Gasteiger partial charge in [0.25, 0.3) is 5.91 Å². The lowest BCUT2D eigenvalue weighted by molar-refractivity contribution is -0.635. The third kappa shape index (κ3) is 8.97. The SMILES string of the molecule is C=CC[NH2+]CC(=O)N1[C@@H](NC(=O)NCc2ccccc2)CN(Cc2cccc(C(O)N3CCCC3)c2)C(=O)[C@@H]1Cc1ccc(O)cc1. The molecule has 2 saturated heterocycles. The molecule has 248 valence electrons. The van der Waals surface area contributed by atoms with Crippen molar-refractivity contribution in [2.45, 2.75) is 50.8 Å². The van der Waals surface area contributed by atoms with Gasteiger partial charge in [0.1, 0.15) is 24.2 Å². The first-order valence-corrected chi connectivity index (χ1v) is 16.2. The van der Waals surface area contributed by atoms with Gasteiger partial charge in [0.2, 0.25) is 5.91 Å². The molecular formula is C36H45N6O5+. The molecule has 3 atom stereocenters. The number of piperazine rings is 1. The number of rotatable bonds is 13. The van der Waals surface area contributed by atoms with Crippen LogP contribution in [-0.4, -0.2) is 87.7 Å². The Morgan fingerprint density at radius 2 is 1.70 bits per heavy atom. The third-order valence-electron chi connectivity index (χ3n) is 8.67. The zero-order valence-electron chi connectivity index (χ0n) is 26.6. The maximum Gasteiger partial charge on any atom is 0.316 e. The van der Waals surface area contributed by atoms with Crippen molar-refractivity contribution in [3.05, 3.63) is 114 Å². The highest BCUT2D eigenvalue weighted by atomic mass is 16.3. The average molecular weight is 642 g/mol. The number of amides is 4. The van der Waals surface area contributed by atoms with Gasteiger partial charge in [-0.2, -0.15) is 0 Å². The molecule has 3 aromatic rings. The summed E-state index contributed by atoms with van der Waals surface area (Å²) in [6, 6.07) is 22.3. The normalized spacial score (nSPS) is 19.0.